The van der Waals surface area contributed by atoms with Crippen molar-refractivity contribution in [2.45, 2.75) is 62.4 Å². The smallest absolute Gasteiger partial charge is 0.238 e. The second-order valence-electron chi connectivity index (χ2n) is 6.42. The summed E-state index contributed by atoms with van der Waals surface area (Å²) in [7, 11) is 0. The fourth-order valence-electron chi connectivity index (χ4n) is 3.13. The van der Waals surface area contributed by atoms with E-state index in [1.165, 1.54) is 37.2 Å². The maximum Gasteiger partial charge on any atom is 0.238 e. The molecule has 6 nitrogen and oxygen atoms in total. The Kier molecular flexibility index (Phi) is 6.42. The summed E-state index contributed by atoms with van der Waals surface area (Å²) in [4.78, 5) is 16.6. The standard InChI is InChI=1S/C17H21Cl2N5OS/c1-10(16(25)21-15-14(19)8-12(18)9-20-15)26-17-23-22-11(2)24(17)13-6-4-3-5-7-13/h8-10,13H,3-7H2,1-2H3,(H,20,21,25)/t10-/m0/s1. The van der Waals surface area contributed by atoms with E-state index in [0.29, 0.717) is 21.9 Å². The lowest BCUT2D eigenvalue weighted by Gasteiger charge is -2.25. The van der Waals surface area contributed by atoms with E-state index in [2.05, 4.69) is 25.1 Å². The molecule has 1 atom stereocenters. The van der Waals surface area contributed by atoms with Crippen LogP contribution in [-0.4, -0.2) is 30.9 Å². The Labute approximate surface area is 167 Å². The minimum absolute atomic E-state index is 0.192. The molecule has 2 aromatic rings. The highest BCUT2D eigenvalue weighted by Gasteiger charge is 2.25. The molecule has 0 aliphatic heterocycles. The van der Waals surface area contributed by atoms with Gasteiger partial charge in [-0.2, -0.15) is 0 Å². The van der Waals surface area contributed by atoms with E-state index in [1.54, 1.807) is 6.07 Å². The molecule has 140 valence electrons. The van der Waals surface area contributed by atoms with Gasteiger partial charge in [-0.3, -0.25) is 4.79 Å². The molecule has 2 heterocycles. The molecule has 9 heteroatoms. The Morgan fingerprint density at radius 1 is 1.31 bits per heavy atom. The van der Waals surface area contributed by atoms with Crippen LogP contribution in [0, 0.1) is 6.92 Å². The molecular formula is C17H21Cl2N5OS. The predicted molar refractivity (Wildman–Crippen MR) is 105 cm³/mol. The van der Waals surface area contributed by atoms with Gasteiger partial charge in [-0.15, -0.1) is 10.2 Å². The number of aromatic nitrogens is 4. The number of pyridine rings is 1. The zero-order chi connectivity index (χ0) is 18.7. The largest absolute Gasteiger partial charge is 0.308 e. The summed E-state index contributed by atoms with van der Waals surface area (Å²) in [6.07, 6.45) is 7.46. The molecule has 0 unspecified atom stereocenters. The van der Waals surface area contributed by atoms with Crippen molar-refractivity contribution in [2.24, 2.45) is 0 Å². The summed E-state index contributed by atoms with van der Waals surface area (Å²) in [5.41, 5.74) is 0. The van der Waals surface area contributed by atoms with E-state index in [4.69, 9.17) is 23.2 Å². The summed E-state index contributed by atoms with van der Waals surface area (Å²) in [5.74, 6) is 1.01. The number of aryl methyl sites for hydroxylation is 1. The van der Waals surface area contributed by atoms with Crippen LogP contribution in [0.5, 0.6) is 0 Å². The average molecular weight is 414 g/mol. The lowest BCUT2D eigenvalue weighted by atomic mass is 9.95. The van der Waals surface area contributed by atoms with Gasteiger partial charge in [0, 0.05) is 12.2 Å². The number of amides is 1. The van der Waals surface area contributed by atoms with Crippen molar-refractivity contribution in [3.8, 4) is 0 Å². The molecule has 0 bridgehead atoms. The molecule has 0 aromatic carbocycles. The molecule has 1 fully saturated rings. The first kappa shape index (κ1) is 19.5. The van der Waals surface area contributed by atoms with Gasteiger partial charge < -0.3 is 9.88 Å². The van der Waals surface area contributed by atoms with Crippen molar-refractivity contribution in [2.75, 3.05) is 5.32 Å². The van der Waals surface area contributed by atoms with Gasteiger partial charge in [0.1, 0.15) is 5.82 Å². The molecule has 2 aromatic heterocycles. The predicted octanol–water partition coefficient (Wildman–Crippen LogP) is 4.91. The SMILES string of the molecule is Cc1nnc(S[C@@H](C)C(=O)Nc2ncc(Cl)cc2Cl)n1C1CCCCC1. The van der Waals surface area contributed by atoms with Crippen LogP contribution < -0.4 is 5.32 Å². The minimum Gasteiger partial charge on any atom is -0.308 e. The third-order valence-corrected chi connectivity index (χ3v) is 6.03. The van der Waals surface area contributed by atoms with Crippen LogP contribution in [0.4, 0.5) is 5.82 Å². The zero-order valence-corrected chi connectivity index (χ0v) is 17.0. The monoisotopic (exact) mass is 413 g/mol. The number of anilines is 1. The number of carbonyl (C=O) groups excluding carboxylic acids is 1. The molecule has 1 aliphatic rings. The van der Waals surface area contributed by atoms with E-state index in [1.807, 2.05) is 13.8 Å². The van der Waals surface area contributed by atoms with Crippen LogP contribution in [0.2, 0.25) is 10.0 Å². The number of hydrogen-bond acceptors (Lipinski definition) is 5. The first-order chi connectivity index (χ1) is 12.5. The van der Waals surface area contributed by atoms with Crippen LogP contribution in [0.25, 0.3) is 0 Å². The van der Waals surface area contributed by atoms with E-state index in [0.717, 1.165) is 23.8 Å². The van der Waals surface area contributed by atoms with E-state index < -0.39 is 0 Å². The molecule has 3 rings (SSSR count). The Bertz CT molecular complexity index is 791. The number of nitrogens with zero attached hydrogens (tertiary/aromatic N) is 4. The van der Waals surface area contributed by atoms with Crippen molar-refractivity contribution in [1.29, 1.82) is 0 Å². The highest BCUT2D eigenvalue weighted by Crippen LogP contribution is 2.34. The van der Waals surface area contributed by atoms with Crippen molar-refractivity contribution >= 4 is 46.7 Å². The first-order valence-corrected chi connectivity index (χ1v) is 10.3. The summed E-state index contributed by atoms with van der Waals surface area (Å²) in [6, 6.07) is 1.97. The molecule has 0 spiro atoms. The van der Waals surface area contributed by atoms with Crippen molar-refractivity contribution in [3.63, 3.8) is 0 Å². The Morgan fingerprint density at radius 2 is 2.04 bits per heavy atom. The molecule has 0 radical (unpaired) electrons. The molecule has 1 aliphatic carbocycles. The first-order valence-electron chi connectivity index (χ1n) is 8.65. The topological polar surface area (TPSA) is 72.7 Å². The average Bonchev–Trinajstić information content (AvgIpc) is 2.98. The van der Waals surface area contributed by atoms with E-state index >= 15 is 0 Å². The van der Waals surface area contributed by atoms with Gasteiger partial charge in [-0.05, 0) is 32.8 Å². The molecule has 1 saturated carbocycles. The van der Waals surface area contributed by atoms with Crippen molar-refractivity contribution in [1.82, 2.24) is 19.7 Å². The summed E-state index contributed by atoms with van der Waals surface area (Å²) in [5, 5.41) is 12.4. The number of halogens is 2. The molecule has 1 N–H and O–H groups in total. The number of nitrogens with one attached hydrogen (secondary N) is 1. The normalized spacial score (nSPS) is 16.5. The Morgan fingerprint density at radius 3 is 2.73 bits per heavy atom. The lowest BCUT2D eigenvalue weighted by Crippen LogP contribution is -2.24. The maximum atomic E-state index is 12.5. The number of carbonyl (C=O) groups is 1. The zero-order valence-electron chi connectivity index (χ0n) is 14.7. The highest BCUT2D eigenvalue weighted by molar-refractivity contribution is 8.00. The van der Waals surface area contributed by atoms with Crippen LogP contribution in [0.15, 0.2) is 17.4 Å². The van der Waals surface area contributed by atoms with Gasteiger partial charge in [0.05, 0.1) is 15.3 Å². The fourth-order valence-corrected chi connectivity index (χ4v) is 4.52. The number of thioether (sulfide) groups is 1. The van der Waals surface area contributed by atoms with E-state index in [9.17, 15) is 4.79 Å². The fraction of sp³-hybridized carbons (Fsp3) is 0.529. The van der Waals surface area contributed by atoms with Crippen LogP contribution in [0.3, 0.4) is 0 Å². The van der Waals surface area contributed by atoms with Crippen LogP contribution in [0.1, 0.15) is 50.9 Å². The second kappa shape index (κ2) is 8.59. The Balaban J connectivity index is 1.69. The van der Waals surface area contributed by atoms with Crippen molar-refractivity contribution < 1.29 is 4.79 Å². The molecule has 26 heavy (non-hydrogen) atoms. The van der Waals surface area contributed by atoms with Gasteiger partial charge in [0.25, 0.3) is 0 Å². The molecule has 0 saturated heterocycles. The van der Waals surface area contributed by atoms with E-state index in [-0.39, 0.29) is 11.2 Å². The minimum atomic E-state index is -0.366. The summed E-state index contributed by atoms with van der Waals surface area (Å²) >= 11 is 13.3. The number of hydrogen-bond donors (Lipinski definition) is 1. The quantitative estimate of drug-likeness (QED) is 0.704. The number of rotatable bonds is 5. The second-order valence-corrected chi connectivity index (χ2v) is 8.58. The summed E-state index contributed by atoms with van der Waals surface area (Å²) in [6.45, 7) is 3.80. The van der Waals surface area contributed by atoms with Crippen LogP contribution >= 0.6 is 35.0 Å². The van der Waals surface area contributed by atoms with Crippen molar-refractivity contribution in [3.05, 3.63) is 28.1 Å². The third-order valence-electron chi connectivity index (χ3n) is 4.48. The molecule has 1 amide bonds. The molecular weight excluding hydrogens is 393 g/mol. The third kappa shape index (κ3) is 4.50. The highest BCUT2D eigenvalue weighted by atomic mass is 35.5. The maximum absolute atomic E-state index is 12.5. The van der Waals surface area contributed by atoms with Gasteiger partial charge in [-0.1, -0.05) is 54.2 Å². The van der Waals surface area contributed by atoms with Gasteiger partial charge in [0.15, 0.2) is 11.0 Å². The van der Waals surface area contributed by atoms with Gasteiger partial charge in [-0.25, -0.2) is 4.98 Å². The Hall–Kier alpha value is -1.31. The van der Waals surface area contributed by atoms with Gasteiger partial charge >= 0.3 is 0 Å². The lowest BCUT2D eigenvalue weighted by molar-refractivity contribution is -0.115. The van der Waals surface area contributed by atoms with Gasteiger partial charge in [0.2, 0.25) is 5.91 Å². The summed E-state index contributed by atoms with van der Waals surface area (Å²) < 4.78 is 2.18. The van der Waals surface area contributed by atoms with Crippen LogP contribution in [-0.2, 0) is 4.79 Å².